The molecule has 1 aliphatic carbocycles. The van der Waals surface area contributed by atoms with Crippen molar-refractivity contribution >= 4 is 0 Å². The van der Waals surface area contributed by atoms with Gasteiger partial charge in [-0.05, 0) is 42.9 Å². The average Bonchev–Trinajstić information content (AvgIpc) is 2.63. The molecular weight excluding hydrogens is 172 g/mol. The third-order valence-electron chi connectivity index (χ3n) is 3.03. The predicted molar refractivity (Wildman–Crippen MR) is 58.7 cm³/mol. The molecule has 76 valence electrons. The Hall–Kier alpha value is -0.980. The number of ether oxygens (including phenoxy) is 1. The molecule has 0 spiro atoms. The maximum absolute atomic E-state index is 5.18. The minimum atomic E-state index is 1.18. The SMILES string of the molecule is CCCCCC1=C2C=COC=C2CC1. The van der Waals surface area contributed by atoms with E-state index in [4.69, 9.17) is 4.74 Å². The second-order valence-corrected chi connectivity index (χ2v) is 4.06. The molecule has 2 aliphatic rings. The summed E-state index contributed by atoms with van der Waals surface area (Å²) in [6.07, 6.45) is 13.6. The number of unbranched alkanes of at least 4 members (excludes halogenated alkanes) is 2. The number of hydrogen-bond acceptors (Lipinski definition) is 1. The van der Waals surface area contributed by atoms with Gasteiger partial charge in [0.05, 0.1) is 12.5 Å². The molecule has 0 N–H and O–H groups in total. The Morgan fingerprint density at radius 2 is 2.21 bits per heavy atom. The Morgan fingerprint density at radius 3 is 3.07 bits per heavy atom. The Bertz CT molecular complexity index is 294. The zero-order chi connectivity index (χ0) is 9.80. The van der Waals surface area contributed by atoms with E-state index in [1.54, 1.807) is 11.8 Å². The zero-order valence-corrected chi connectivity index (χ0v) is 8.88. The molecular formula is C13H18O. The predicted octanol–water partition coefficient (Wildman–Crippen LogP) is 4.08. The van der Waals surface area contributed by atoms with Gasteiger partial charge in [0.1, 0.15) is 0 Å². The van der Waals surface area contributed by atoms with Crippen LogP contribution in [0, 0.1) is 0 Å². The maximum Gasteiger partial charge on any atom is 0.0939 e. The fraction of sp³-hybridized carbons (Fsp3) is 0.538. The summed E-state index contributed by atoms with van der Waals surface area (Å²) in [5.74, 6) is 0. The number of fused-ring (bicyclic) bond motifs is 1. The standard InChI is InChI=1S/C13H18O/c1-2-3-4-5-11-6-7-12-10-14-9-8-13(11)12/h8-10H,2-7H2,1H3. The Balaban J connectivity index is 2.00. The normalized spacial score (nSPS) is 19.4. The van der Waals surface area contributed by atoms with Crippen LogP contribution in [0.25, 0.3) is 0 Å². The van der Waals surface area contributed by atoms with Crippen LogP contribution in [-0.2, 0) is 4.74 Å². The van der Waals surface area contributed by atoms with Crippen LogP contribution >= 0.6 is 0 Å². The fourth-order valence-electron chi connectivity index (χ4n) is 2.21. The van der Waals surface area contributed by atoms with Crippen LogP contribution in [-0.4, -0.2) is 0 Å². The van der Waals surface area contributed by atoms with E-state index in [2.05, 4.69) is 13.0 Å². The monoisotopic (exact) mass is 190 g/mol. The van der Waals surface area contributed by atoms with Crippen molar-refractivity contribution < 1.29 is 4.74 Å². The van der Waals surface area contributed by atoms with Crippen molar-refractivity contribution in [3.63, 3.8) is 0 Å². The summed E-state index contributed by atoms with van der Waals surface area (Å²) in [5.41, 5.74) is 4.51. The van der Waals surface area contributed by atoms with Gasteiger partial charge in [-0.1, -0.05) is 25.3 Å². The molecule has 0 saturated heterocycles. The first-order chi connectivity index (χ1) is 6.92. The van der Waals surface area contributed by atoms with Crippen molar-refractivity contribution in [3.05, 3.63) is 35.3 Å². The molecule has 0 bridgehead atoms. The second kappa shape index (κ2) is 4.50. The summed E-state index contributed by atoms with van der Waals surface area (Å²) < 4.78 is 5.18. The molecule has 1 heterocycles. The molecule has 1 aliphatic heterocycles. The Labute approximate surface area is 86.2 Å². The van der Waals surface area contributed by atoms with Crippen LogP contribution in [0.15, 0.2) is 35.3 Å². The number of rotatable bonds is 4. The molecule has 0 atom stereocenters. The average molecular weight is 190 g/mol. The smallest absolute Gasteiger partial charge is 0.0939 e. The molecule has 0 aromatic heterocycles. The fourth-order valence-corrected chi connectivity index (χ4v) is 2.21. The van der Waals surface area contributed by atoms with Crippen molar-refractivity contribution in [1.82, 2.24) is 0 Å². The first-order valence-electron chi connectivity index (χ1n) is 5.65. The van der Waals surface area contributed by atoms with Gasteiger partial charge in [0, 0.05) is 0 Å². The quantitative estimate of drug-likeness (QED) is 0.607. The zero-order valence-electron chi connectivity index (χ0n) is 8.88. The first kappa shape index (κ1) is 9.57. The van der Waals surface area contributed by atoms with E-state index >= 15 is 0 Å². The molecule has 1 heteroatoms. The molecule has 0 saturated carbocycles. The summed E-state index contributed by atoms with van der Waals surface area (Å²) in [6.45, 7) is 2.26. The van der Waals surface area contributed by atoms with Crippen LogP contribution in [0.1, 0.15) is 45.4 Å². The van der Waals surface area contributed by atoms with Crippen molar-refractivity contribution in [2.45, 2.75) is 45.4 Å². The summed E-state index contributed by atoms with van der Waals surface area (Å²) >= 11 is 0. The third kappa shape index (κ3) is 1.92. The highest BCUT2D eigenvalue weighted by molar-refractivity contribution is 5.48. The molecule has 0 aromatic rings. The minimum Gasteiger partial charge on any atom is -0.472 e. The highest BCUT2D eigenvalue weighted by Gasteiger charge is 2.19. The van der Waals surface area contributed by atoms with Gasteiger partial charge in [0.15, 0.2) is 0 Å². The number of allylic oxidation sites excluding steroid dienone is 4. The van der Waals surface area contributed by atoms with Gasteiger partial charge in [0.2, 0.25) is 0 Å². The molecule has 0 unspecified atom stereocenters. The van der Waals surface area contributed by atoms with Crippen LogP contribution in [0.2, 0.25) is 0 Å². The van der Waals surface area contributed by atoms with Crippen LogP contribution < -0.4 is 0 Å². The van der Waals surface area contributed by atoms with Gasteiger partial charge in [-0.2, -0.15) is 0 Å². The van der Waals surface area contributed by atoms with Gasteiger partial charge in [0.25, 0.3) is 0 Å². The van der Waals surface area contributed by atoms with Crippen LogP contribution in [0.3, 0.4) is 0 Å². The summed E-state index contributed by atoms with van der Waals surface area (Å²) in [6, 6.07) is 0. The van der Waals surface area contributed by atoms with Crippen molar-refractivity contribution in [2.24, 2.45) is 0 Å². The topological polar surface area (TPSA) is 9.23 Å². The van der Waals surface area contributed by atoms with E-state index in [0.717, 1.165) is 0 Å². The molecule has 0 aromatic carbocycles. The number of hydrogen-bond donors (Lipinski definition) is 0. The van der Waals surface area contributed by atoms with E-state index in [1.807, 2.05) is 6.26 Å². The molecule has 1 nitrogen and oxygen atoms in total. The molecule has 14 heavy (non-hydrogen) atoms. The largest absolute Gasteiger partial charge is 0.472 e. The van der Waals surface area contributed by atoms with Gasteiger partial charge in [-0.25, -0.2) is 0 Å². The summed E-state index contributed by atoms with van der Waals surface area (Å²) in [4.78, 5) is 0. The highest BCUT2D eigenvalue weighted by atomic mass is 16.5. The van der Waals surface area contributed by atoms with Gasteiger partial charge >= 0.3 is 0 Å². The molecule has 2 rings (SSSR count). The molecule has 0 fully saturated rings. The second-order valence-electron chi connectivity index (χ2n) is 4.06. The van der Waals surface area contributed by atoms with E-state index in [9.17, 15) is 0 Å². The van der Waals surface area contributed by atoms with Crippen LogP contribution in [0.4, 0.5) is 0 Å². The van der Waals surface area contributed by atoms with E-state index in [-0.39, 0.29) is 0 Å². The lowest BCUT2D eigenvalue weighted by atomic mass is 10.0. The Kier molecular flexibility index (Phi) is 3.07. The first-order valence-corrected chi connectivity index (χ1v) is 5.65. The molecule has 0 amide bonds. The van der Waals surface area contributed by atoms with Crippen molar-refractivity contribution in [2.75, 3.05) is 0 Å². The van der Waals surface area contributed by atoms with E-state index < -0.39 is 0 Å². The van der Waals surface area contributed by atoms with Gasteiger partial charge in [-0.15, -0.1) is 0 Å². The lowest BCUT2D eigenvalue weighted by molar-refractivity contribution is 0.393. The van der Waals surface area contributed by atoms with Gasteiger partial charge < -0.3 is 4.74 Å². The van der Waals surface area contributed by atoms with Crippen molar-refractivity contribution in [1.29, 1.82) is 0 Å². The van der Waals surface area contributed by atoms with E-state index in [1.165, 1.54) is 49.7 Å². The highest BCUT2D eigenvalue weighted by Crippen LogP contribution is 2.36. The Morgan fingerprint density at radius 1 is 1.29 bits per heavy atom. The molecule has 0 radical (unpaired) electrons. The lowest BCUT2D eigenvalue weighted by Crippen LogP contribution is -1.89. The van der Waals surface area contributed by atoms with Crippen LogP contribution in [0.5, 0.6) is 0 Å². The van der Waals surface area contributed by atoms with Gasteiger partial charge in [-0.3, -0.25) is 0 Å². The minimum absolute atomic E-state index is 1.18. The lowest BCUT2D eigenvalue weighted by Gasteiger charge is -2.07. The van der Waals surface area contributed by atoms with E-state index in [0.29, 0.717) is 0 Å². The third-order valence-corrected chi connectivity index (χ3v) is 3.03. The summed E-state index contributed by atoms with van der Waals surface area (Å²) in [5, 5.41) is 0. The summed E-state index contributed by atoms with van der Waals surface area (Å²) in [7, 11) is 0. The maximum atomic E-state index is 5.18. The van der Waals surface area contributed by atoms with Crippen molar-refractivity contribution in [3.8, 4) is 0 Å².